The Bertz CT molecular complexity index is 490. The number of amides is 2. The van der Waals surface area contributed by atoms with Gasteiger partial charge in [-0.3, -0.25) is 0 Å². The highest BCUT2D eigenvalue weighted by molar-refractivity contribution is 5.89. The van der Waals surface area contributed by atoms with E-state index in [1.54, 1.807) is 4.90 Å². The SMILES string of the molecule is C[C@H]1CNCCN1C(=O)Nc1cccc(C(F)(F)F)c1. The molecule has 1 fully saturated rings. The second-order valence-electron chi connectivity index (χ2n) is 4.76. The Morgan fingerprint density at radius 3 is 2.85 bits per heavy atom. The third-order valence-corrected chi connectivity index (χ3v) is 3.20. The van der Waals surface area contributed by atoms with Crippen molar-refractivity contribution in [2.45, 2.75) is 19.1 Å². The molecule has 0 spiro atoms. The van der Waals surface area contributed by atoms with Gasteiger partial charge in [0.05, 0.1) is 5.56 Å². The molecule has 2 rings (SSSR count). The van der Waals surface area contributed by atoms with Crippen LogP contribution in [-0.2, 0) is 6.18 Å². The van der Waals surface area contributed by atoms with Gasteiger partial charge in [-0.1, -0.05) is 6.07 Å². The van der Waals surface area contributed by atoms with E-state index in [0.717, 1.165) is 12.1 Å². The summed E-state index contributed by atoms with van der Waals surface area (Å²) >= 11 is 0. The molecule has 1 aliphatic heterocycles. The summed E-state index contributed by atoms with van der Waals surface area (Å²) < 4.78 is 37.8. The van der Waals surface area contributed by atoms with E-state index in [2.05, 4.69) is 10.6 Å². The first-order valence-electron chi connectivity index (χ1n) is 6.33. The van der Waals surface area contributed by atoms with Crippen LogP contribution in [0.4, 0.5) is 23.7 Å². The molecule has 1 atom stereocenters. The fourth-order valence-corrected chi connectivity index (χ4v) is 2.11. The lowest BCUT2D eigenvalue weighted by Gasteiger charge is -2.33. The number of anilines is 1. The van der Waals surface area contributed by atoms with Gasteiger partial charge in [0.2, 0.25) is 0 Å². The maximum atomic E-state index is 12.6. The zero-order valence-corrected chi connectivity index (χ0v) is 11.0. The zero-order chi connectivity index (χ0) is 14.8. The van der Waals surface area contributed by atoms with Crippen molar-refractivity contribution in [2.24, 2.45) is 0 Å². The van der Waals surface area contributed by atoms with Gasteiger partial charge in [0.25, 0.3) is 0 Å². The second-order valence-corrected chi connectivity index (χ2v) is 4.76. The van der Waals surface area contributed by atoms with Crippen LogP contribution >= 0.6 is 0 Å². The summed E-state index contributed by atoms with van der Waals surface area (Å²) in [5, 5.41) is 5.66. The summed E-state index contributed by atoms with van der Waals surface area (Å²) in [7, 11) is 0. The summed E-state index contributed by atoms with van der Waals surface area (Å²) in [5.41, 5.74) is -0.626. The molecule has 4 nitrogen and oxygen atoms in total. The summed E-state index contributed by atoms with van der Waals surface area (Å²) in [5.74, 6) is 0. The van der Waals surface area contributed by atoms with Gasteiger partial charge in [-0.05, 0) is 25.1 Å². The van der Waals surface area contributed by atoms with Crippen LogP contribution in [0.25, 0.3) is 0 Å². The second kappa shape index (κ2) is 5.70. The molecule has 0 bridgehead atoms. The fraction of sp³-hybridized carbons (Fsp3) is 0.462. The highest BCUT2D eigenvalue weighted by Crippen LogP contribution is 2.30. The number of nitrogens with one attached hydrogen (secondary N) is 2. The van der Waals surface area contributed by atoms with Gasteiger partial charge in [-0.25, -0.2) is 4.79 Å². The summed E-state index contributed by atoms with van der Waals surface area (Å²) in [6.07, 6.45) is -4.41. The minimum Gasteiger partial charge on any atom is -0.319 e. The first-order chi connectivity index (χ1) is 9.38. The van der Waals surface area contributed by atoms with Crippen LogP contribution in [0.3, 0.4) is 0 Å². The third kappa shape index (κ3) is 3.41. The molecule has 0 unspecified atom stereocenters. The summed E-state index contributed by atoms with van der Waals surface area (Å²) in [6.45, 7) is 3.78. The number of carbonyl (C=O) groups is 1. The number of alkyl halides is 3. The van der Waals surface area contributed by atoms with E-state index in [4.69, 9.17) is 0 Å². The van der Waals surface area contributed by atoms with E-state index in [9.17, 15) is 18.0 Å². The van der Waals surface area contributed by atoms with Crippen LogP contribution < -0.4 is 10.6 Å². The molecular weight excluding hydrogens is 271 g/mol. The van der Waals surface area contributed by atoms with Gasteiger partial charge in [0.15, 0.2) is 0 Å². The predicted molar refractivity (Wildman–Crippen MR) is 69.5 cm³/mol. The molecule has 110 valence electrons. The van der Waals surface area contributed by atoms with Crippen molar-refractivity contribution < 1.29 is 18.0 Å². The number of carbonyl (C=O) groups excluding carboxylic acids is 1. The number of hydrogen-bond acceptors (Lipinski definition) is 2. The summed E-state index contributed by atoms with van der Waals surface area (Å²) in [4.78, 5) is 13.7. The van der Waals surface area contributed by atoms with Crippen LogP contribution in [-0.4, -0.2) is 36.6 Å². The maximum Gasteiger partial charge on any atom is 0.416 e. The largest absolute Gasteiger partial charge is 0.416 e. The van der Waals surface area contributed by atoms with Crippen molar-refractivity contribution in [3.05, 3.63) is 29.8 Å². The lowest BCUT2D eigenvalue weighted by Crippen LogP contribution is -2.53. The highest BCUT2D eigenvalue weighted by Gasteiger charge is 2.30. The van der Waals surface area contributed by atoms with Crippen LogP contribution in [0.2, 0.25) is 0 Å². The molecular formula is C13H16F3N3O. The van der Waals surface area contributed by atoms with Gasteiger partial charge in [0, 0.05) is 31.4 Å². The summed E-state index contributed by atoms with van der Waals surface area (Å²) in [6, 6.07) is 4.26. The first-order valence-corrected chi connectivity index (χ1v) is 6.33. The molecule has 0 aromatic heterocycles. The standard InChI is InChI=1S/C13H16F3N3O/c1-9-8-17-5-6-19(9)12(20)18-11-4-2-3-10(7-11)13(14,15)16/h2-4,7,9,17H,5-6,8H2,1H3,(H,18,20)/t9-/m0/s1. The van der Waals surface area contributed by atoms with E-state index in [1.165, 1.54) is 12.1 Å². The molecule has 0 radical (unpaired) electrons. The molecule has 1 aliphatic rings. The molecule has 0 saturated carbocycles. The van der Waals surface area contributed by atoms with Gasteiger partial charge in [-0.2, -0.15) is 13.2 Å². The highest BCUT2D eigenvalue weighted by atomic mass is 19.4. The fourth-order valence-electron chi connectivity index (χ4n) is 2.11. The van der Waals surface area contributed by atoms with Crippen molar-refractivity contribution in [3.63, 3.8) is 0 Å². The van der Waals surface area contributed by atoms with Crippen molar-refractivity contribution in [2.75, 3.05) is 25.0 Å². The average Bonchev–Trinajstić information content (AvgIpc) is 2.38. The average molecular weight is 287 g/mol. The monoisotopic (exact) mass is 287 g/mol. The van der Waals surface area contributed by atoms with E-state index >= 15 is 0 Å². The predicted octanol–water partition coefficient (Wildman–Crippen LogP) is 2.53. The molecule has 20 heavy (non-hydrogen) atoms. The van der Waals surface area contributed by atoms with Gasteiger partial charge in [0.1, 0.15) is 0 Å². The Labute approximate surface area is 114 Å². The van der Waals surface area contributed by atoms with Gasteiger partial charge < -0.3 is 15.5 Å². The lowest BCUT2D eigenvalue weighted by molar-refractivity contribution is -0.137. The first kappa shape index (κ1) is 14.6. The Morgan fingerprint density at radius 2 is 2.20 bits per heavy atom. The zero-order valence-electron chi connectivity index (χ0n) is 11.0. The van der Waals surface area contributed by atoms with E-state index in [0.29, 0.717) is 19.6 Å². The topological polar surface area (TPSA) is 44.4 Å². The molecule has 2 amide bonds. The Morgan fingerprint density at radius 1 is 1.45 bits per heavy atom. The van der Waals surface area contributed by atoms with E-state index in [-0.39, 0.29) is 17.8 Å². The van der Waals surface area contributed by atoms with Crippen molar-refractivity contribution in [1.82, 2.24) is 10.2 Å². The van der Waals surface area contributed by atoms with Crippen LogP contribution in [0.1, 0.15) is 12.5 Å². The van der Waals surface area contributed by atoms with Crippen molar-refractivity contribution in [1.29, 1.82) is 0 Å². The molecule has 0 aliphatic carbocycles. The van der Waals surface area contributed by atoms with Crippen molar-refractivity contribution >= 4 is 11.7 Å². The number of benzene rings is 1. The van der Waals surface area contributed by atoms with Gasteiger partial charge in [-0.15, -0.1) is 0 Å². The van der Waals surface area contributed by atoms with Crippen molar-refractivity contribution in [3.8, 4) is 0 Å². The number of urea groups is 1. The van der Waals surface area contributed by atoms with Gasteiger partial charge >= 0.3 is 12.2 Å². The number of piperazine rings is 1. The van der Waals surface area contributed by atoms with Crippen LogP contribution in [0, 0.1) is 0 Å². The van der Waals surface area contributed by atoms with E-state index < -0.39 is 11.7 Å². The molecule has 1 heterocycles. The lowest BCUT2D eigenvalue weighted by atomic mass is 10.2. The number of rotatable bonds is 1. The molecule has 1 saturated heterocycles. The number of nitrogens with zero attached hydrogens (tertiary/aromatic N) is 1. The number of hydrogen-bond donors (Lipinski definition) is 2. The van der Waals surface area contributed by atoms with Crippen LogP contribution in [0.5, 0.6) is 0 Å². The Balaban J connectivity index is 2.08. The quantitative estimate of drug-likeness (QED) is 0.833. The molecule has 1 aromatic rings. The molecule has 2 N–H and O–H groups in total. The third-order valence-electron chi connectivity index (χ3n) is 3.20. The Kier molecular flexibility index (Phi) is 4.17. The smallest absolute Gasteiger partial charge is 0.319 e. The minimum atomic E-state index is -4.41. The van der Waals surface area contributed by atoms with E-state index in [1.807, 2.05) is 6.92 Å². The number of halogens is 3. The Hall–Kier alpha value is -1.76. The minimum absolute atomic E-state index is 0.00884. The van der Waals surface area contributed by atoms with Crippen LogP contribution in [0.15, 0.2) is 24.3 Å². The molecule has 1 aromatic carbocycles. The molecule has 7 heteroatoms. The normalized spacial score (nSPS) is 19.8. The maximum absolute atomic E-state index is 12.6.